The SMILES string of the molecule is CN1CCN(NCc2cccc([N+](=O)[O-])c2)CC1. The molecule has 6 heteroatoms. The number of rotatable bonds is 4. The van der Waals surface area contributed by atoms with Crippen LogP contribution in [0.25, 0.3) is 0 Å². The fourth-order valence-electron chi connectivity index (χ4n) is 1.95. The molecule has 1 N–H and O–H groups in total. The molecule has 0 spiro atoms. The summed E-state index contributed by atoms with van der Waals surface area (Å²) in [4.78, 5) is 12.6. The van der Waals surface area contributed by atoms with Gasteiger partial charge in [0.25, 0.3) is 5.69 Å². The van der Waals surface area contributed by atoms with E-state index < -0.39 is 0 Å². The first-order chi connectivity index (χ1) is 8.65. The summed E-state index contributed by atoms with van der Waals surface area (Å²) in [6, 6.07) is 6.75. The van der Waals surface area contributed by atoms with Crippen molar-refractivity contribution in [1.82, 2.24) is 15.3 Å². The van der Waals surface area contributed by atoms with Gasteiger partial charge < -0.3 is 4.90 Å². The Balaban J connectivity index is 1.86. The summed E-state index contributed by atoms with van der Waals surface area (Å²) in [5, 5.41) is 12.8. The first-order valence-electron chi connectivity index (χ1n) is 6.05. The normalized spacial score (nSPS) is 17.8. The Bertz CT molecular complexity index is 416. The number of nitrogens with one attached hydrogen (secondary N) is 1. The van der Waals surface area contributed by atoms with E-state index in [1.807, 2.05) is 6.07 Å². The van der Waals surface area contributed by atoms with Crippen molar-refractivity contribution in [1.29, 1.82) is 0 Å². The maximum atomic E-state index is 10.7. The topological polar surface area (TPSA) is 61.6 Å². The van der Waals surface area contributed by atoms with E-state index in [0.29, 0.717) is 6.54 Å². The molecule has 2 rings (SSSR count). The van der Waals surface area contributed by atoms with Gasteiger partial charge >= 0.3 is 0 Å². The van der Waals surface area contributed by atoms with E-state index in [9.17, 15) is 10.1 Å². The summed E-state index contributed by atoms with van der Waals surface area (Å²) in [5.41, 5.74) is 4.39. The molecule has 1 fully saturated rings. The van der Waals surface area contributed by atoms with Crippen molar-refractivity contribution in [2.75, 3.05) is 33.2 Å². The summed E-state index contributed by atoms with van der Waals surface area (Å²) in [5.74, 6) is 0. The summed E-state index contributed by atoms with van der Waals surface area (Å²) < 4.78 is 0. The van der Waals surface area contributed by atoms with Crippen LogP contribution in [0.4, 0.5) is 5.69 Å². The van der Waals surface area contributed by atoms with Crippen LogP contribution in [0.3, 0.4) is 0 Å². The molecule has 1 aliphatic rings. The number of hydrazine groups is 1. The number of hydrogen-bond donors (Lipinski definition) is 1. The maximum absolute atomic E-state index is 10.7. The highest BCUT2D eigenvalue weighted by atomic mass is 16.6. The number of likely N-dealkylation sites (N-methyl/N-ethyl adjacent to an activating group) is 1. The van der Waals surface area contributed by atoms with E-state index >= 15 is 0 Å². The van der Waals surface area contributed by atoms with Crippen LogP contribution < -0.4 is 5.43 Å². The highest BCUT2D eigenvalue weighted by Gasteiger charge is 2.13. The van der Waals surface area contributed by atoms with E-state index in [2.05, 4.69) is 22.4 Å². The molecule has 1 saturated heterocycles. The molecule has 1 aliphatic heterocycles. The van der Waals surface area contributed by atoms with Gasteiger partial charge in [0.15, 0.2) is 0 Å². The minimum atomic E-state index is -0.362. The molecule has 0 amide bonds. The van der Waals surface area contributed by atoms with Crippen LogP contribution in [0, 0.1) is 10.1 Å². The lowest BCUT2D eigenvalue weighted by Gasteiger charge is -2.32. The zero-order valence-corrected chi connectivity index (χ0v) is 10.5. The zero-order valence-electron chi connectivity index (χ0n) is 10.5. The Morgan fingerprint density at radius 3 is 2.72 bits per heavy atom. The third-order valence-electron chi connectivity index (χ3n) is 3.13. The monoisotopic (exact) mass is 250 g/mol. The minimum absolute atomic E-state index is 0.146. The van der Waals surface area contributed by atoms with Crippen LogP contribution in [0.1, 0.15) is 5.56 Å². The minimum Gasteiger partial charge on any atom is -0.304 e. The van der Waals surface area contributed by atoms with E-state index in [1.165, 1.54) is 6.07 Å². The smallest absolute Gasteiger partial charge is 0.269 e. The second-order valence-corrected chi connectivity index (χ2v) is 4.55. The molecule has 18 heavy (non-hydrogen) atoms. The van der Waals surface area contributed by atoms with Crippen LogP contribution in [-0.2, 0) is 6.54 Å². The molecular weight excluding hydrogens is 232 g/mol. The van der Waals surface area contributed by atoms with Crippen molar-refractivity contribution in [3.8, 4) is 0 Å². The van der Waals surface area contributed by atoms with Gasteiger partial charge in [0.05, 0.1) is 4.92 Å². The Kier molecular flexibility index (Phi) is 4.24. The number of benzene rings is 1. The molecule has 98 valence electrons. The quantitative estimate of drug-likeness (QED) is 0.634. The first kappa shape index (κ1) is 12.9. The third-order valence-corrected chi connectivity index (χ3v) is 3.13. The number of non-ortho nitro benzene ring substituents is 1. The summed E-state index contributed by atoms with van der Waals surface area (Å²) >= 11 is 0. The Morgan fingerprint density at radius 1 is 1.33 bits per heavy atom. The molecule has 0 unspecified atom stereocenters. The molecule has 1 heterocycles. The average Bonchev–Trinajstić information content (AvgIpc) is 2.38. The lowest BCUT2D eigenvalue weighted by molar-refractivity contribution is -0.384. The number of nitrogens with zero attached hydrogens (tertiary/aromatic N) is 3. The number of piperazine rings is 1. The van der Waals surface area contributed by atoms with Gasteiger partial charge in [-0.25, -0.2) is 5.01 Å². The predicted molar refractivity (Wildman–Crippen MR) is 69.0 cm³/mol. The molecule has 0 bridgehead atoms. The highest BCUT2D eigenvalue weighted by Crippen LogP contribution is 2.12. The maximum Gasteiger partial charge on any atom is 0.269 e. The predicted octanol–water partition coefficient (Wildman–Crippen LogP) is 0.847. The van der Waals surface area contributed by atoms with Gasteiger partial charge in [-0.1, -0.05) is 12.1 Å². The van der Waals surface area contributed by atoms with E-state index in [4.69, 9.17) is 0 Å². The Hall–Kier alpha value is -1.50. The van der Waals surface area contributed by atoms with Crippen LogP contribution >= 0.6 is 0 Å². The molecule has 1 aromatic carbocycles. The molecular formula is C12H18N4O2. The second kappa shape index (κ2) is 5.90. The molecule has 0 saturated carbocycles. The molecule has 0 radical (unpaired) electrons. The summed E-state index contributed by atoms with van der Waals surface area (Å²) in [6.45, 7) is 4.67. The standard InChI is InChI=1S/C12H18N4O2/c1-14-5-7-15(8-6-14)13-10-11-3-2-4-12(9-11)16(17)18/h2-4,9,13H,5-8,10H2,1H3. The van der Waals surface area contributed by atoms with E-state index in [0.717, 1.165) is 31.7 Å². The van der Waals surface area contributed by atoms with Crippen molar-refractivity contribution >= 4 is 5.69 Å². The van der Waals surface area contributed by atoms with Crippen molar-refractivity contribution in [3.05, 3.63) is 39.9 Å². The molecule has 0 atom stereocenters. The Labute approximate surface area is 106 Å². The number of nitro groups is 1. The zero-order chi connectivity index (χ0) is 13.0. The molecule has 0 aliphatic carbocycles. The van der Waals surface area contributed by atoms with Gasteiger partial charge in [0, 0.05) is 44.9 Å². The van der Waals surface area contributed by atoms with Gasteiger partial charge in [-0.2, -0.15) is 0 Å². The largest absolute Gasteiger partial charge is 0.304 e. The van der Waals surface area contributed by atoms with Gasteiger partial charge in [-0.05, 0) is 12.6 Å². The summed E-state index contributed by atoms with van der Waals surface area (Å²) in [6.07, 6.45) is 0. The van der Waals surface area contributed by atoms with Gasteiger partial charge in [-0.3, -0.25) is 15.5 Å². The van der Waals surface area contributed by atoms with E-state index in [1.54, 1.807) is 12.1 Å². The molecule has 6 nitrogen and oxygen atoms in total. The lowest BCUT2D eigenvalue weighted by Crippen LogP contribution is -2.50. The third kappa shape index (κ3) is 3.49. The fourth-order valence-corrected chi connectivity index (χ4v) is 1.95. The van der Waals surface area contributed by atoms with Crippen molar-refractivity contribution in [2.24, 2.45) is 0 Å². The van der Waals surface area contributed by atoms with Crippen molar-refractivity contribution in [3.63, 3.8) is 0 Å². The number of hydrogen-bond acceptors (Lipinski definition) is 5. The average molecular weight is 250 g/mol. The van der Waals surface area contributed by atoms with Gasteiger partial charge in [-0.15, -0.1) is 0 Å². The summed E-state index contributed by atoms with van der Waals surface area (Å²) in [7, 11) is 2.11. The van der Waals surface area contributed by atoms with Crippen LogP contribution in [-0.4, -0.2) is 48.1 Å². The first-order valence-corrected chi connectivity index (χ1v) is 6.05. The highest BCUT2D eigenvalue weighted by molar-refractivity contribution is 5.34. The van der Waals surface area contributed by atoms with Crippen LogP contribution in [0.2, 0.25) is 0 Å². The molecule has 0 aromatic heterocycles. The van der Waals surface area contributed by atoms with Crippen LogP contribution in [0.15, 0.2) is 24.3 Å². The number of nitro benzene ring substituents is 1. The second-order valence-electron chi connectivity index (χ2n) is 4.55. The van der Waals surface area contributed by atoms with E-state index in [-0.39, 0.29) is 10.6 Å². The van der Waals surface area contributed by atoms with Crippen molar-refractivity contribution < 1.29 is 4.92 Å². The van der Waals surface area contributed by atoms with Gasteiger partial charge in [0.1, 0.15) is 0 Å². The van der Waals surface area contributed by atoms with Gasteiger partial charge in [0.2, 0.25) is 0 Å². The Morgan fingerprint density at radius 2 is 2.06 bits per heavy atom. The fraction of sp³-hybridized carbons (Fsp3) is 0.500. The lowest BCUT2D eigenvalue weighted by atomic mass is 10.2. The van der Waals surface area contributed by atoms with Crippen LogP contribution in [0.5, 0.6) is 0 Å². The van der Waals surface area contributed by atoms with Crippen molar-refractivity contribution in [2.45, 2.75) is 6.54 Å². The molecule has 1 aromatic rings.